The number of benzene rings is 2. The minimum absolute atomic E-state index is 0.215. The van der Waals surface area contributed by atoms with Gasteiger partial charge < -0.3 is 11.1 Å². The Morgan fingerprint density at radius 2 is 1.84 bits per heavy atom. The number of anilines is 1. The summed E-state index contributed by atoms with van der Waals surface area (Å²) in [5.74, 6) is -0.978. The van der Waals surface area contributed by atoms with Crippen molar-refractivity contribution in [2.24, 2.45) is 5.73 Å². The lowest BCUT2D eigenvalue weighted by Crippen LogP contribution is -2.15. The molecule has 0 saturated heterocycles. The molecule has 7 heteroatoms. The second kappa shape index (κ2) is 6.78. The molecule has 126 valence electrons. The van der Waals surface area contributed by atoms with Crippen molar-refractivity contribution in [1.29, 1.82) is 0 Å². The Hall–Kier alpha value is -3.12. The second-order valence-electron chi connectivity index (χ2n) is 5.40. The zero-order valence-corrected chi connectivity index (χ0v) is 14.1. The number of carbonyl (C=O) groups excluding carboxylic acids is 2. The quantitative estimate of drug-likeness (QED) is 0.753. The molecule has 0 spiro atoms. The third-order valence-corrected chi connectivity index (χ3v) is 3.99. The lowest BCUT2D eigenvalue weighted by atomic mass is 10.2. The molecule has 0 radical (unpaired) electrons. The number of hydrogen-bond donors (Lipinski definition) is 2. The van der Waals surface area contributed by atoms with Gasteiger partial charge in [-0.3, -0.25) is 9.59 Å². The van der Waals surface area contributed by atoms with Crippen molar-refractivity contribution >= 4 is 29.1 Å². The lowest BCUT2D eigenvalue weighted by molar-refractivity contribution is 0.0996. The molecule has 1 aromatic heterocycles. The zero-order chi connectivity index (χ0) is 18.0. The highest BCUT2D eigenvalue weighted by Crippen LogP contribution is 2.24. The normalized spacial score (nSPS) is 10.5. The van der Waals surface area contributed by atoms with Gasteiger partial charge >= 0.3 is 0 Å². The summed E-state index contributed by atoms with van der Waals surface area (Å²) < 4.78 is 1.51. The minimum Gasteiger partial charge on any atom is -0.366 e. The van der Waals surface area contributed by atoms with E-state index in [2.05, 4.69) is 10.4 Å². The van der Waals surface area contributed by atoms with Gasteiger partial charge in [0.1, 0.15) is 10.7 Å². The second-order valence-corrected chi connectivity index (χ2v) is 5.76. The van der Waals surface area contributed by atoms with Crippen molar-refractivity contribution in [3.8, 4) is 5.69 Å². The average molecular weight is 355 g/mol. The average Bonchev–Trinajstić information content (AvgIpc) is 2.90. The number of aryl methyl sites for hydroxylation is 1. The molecule has 0 aliphatic heterocycles. The number of nitrogens with two attached hydrogens (primary N) is 1. The molecule has 3 rings (SSSR count). The predicted octanol–water partition coefficient (Wildman–Crippen LogP) is 3.19. The molecule has 2 amide bonds. The molecular weight excluding hydrogens is 340 g/mol. The topological polar surface area (TPSA) is 90.0 Å². The molecule has 0 bridgehead atoms. The van der Waals surface area contributed by atoms with E-state index in [-0.39, 0.29) is 10.7 Å². The van der Waals surface area contributed by atoms with Crippen LogP contribution in [0.1, 0.15) is 26.4 Å². The Balaban J connectivity index is 1.92. The van der Waals surface area contributed by atoms with Crippen molar-refractivity contribution < 1.29 is 9.59 Å². The van der Waals surface area contributed by atoms with E-state index in [4.69, 9.17) is 17.3 Å². The van der Waals surface area contributed by atoms with Gasteiger partial charge in [0.15, 0.2) is 0 Å². The first-order chi connectivity index (χ1) is 12.0. The maximum absolute atomic E-state index is 12.6. The Kier molecular flexibility index (Phi) is 4.54. The number of halogens is 1. The lowest BCUT2D eigenvalue weighted by Gasteiger charge is -2.06. The molecule has 0 aliphatic carbocycles. The molecule has 0 unspecified atom stereocenters. The van der Waals surface area contributed by atoms with E-state index in [0.29, 0.717) is 16.9 Å². The fraction of sp³-hybridized carbons (Fsp3) is 0.0556. The van der Waals surface area contributed by atoms with Crippen LogP contribution in [0.3, 0.4) is 0 Å². The Bertz CT molecular complexity index is 951. The van der Waals surface area contributed by atoms with E-state index in [0.717, 1.165) is 5.69 Å². The number of carbonyl (C=O) groups is 2. The van der Waals surface area contributed by atoms with Gasteiger partial charge in [0.2, 0.25) is 5.91 Å². The van der Waals surface area contributed by atoms with Crippen LogP contribution in [0.15, 0.2) is 54.6 Å². The van der Waals surface area contributed by atoms with Gasteiger partial charge in [0, 0.05) is 11.3 Å². The number of para-hydroxylation sites is 1. The van der Waals surface area contributed by atoms with Crippen LogP contribution in [0, 0.1) is 6.92 Å². The molecule has 0 fully saturated rings. The standard InChI is InChI=1S/C18H15ClN4O2/c1-11-15(16(19)23(22-11)14-8-3-2-4-9-14)18(25)21-13-7-5-6-12(10-13)17(20)24/h2-10H,1H3,(H2,20,24)(H,21,25). The summed E-state index contributed by atoms with van der Waals surface area (Å²) in [6.07, 6.45) is 0. The summed E-state index contributed by atoms with van der Waals surface area (Å²) in [6.45, 7) is 1.71. The summed E-state index contributed by atoms with van der Waals surface area (Å²) >= 11 is 6.37. The third kappa shape index (κ3) is 3.39. The molecule has 2 aromatic carbocycles. The zero-order valence-electron chi connectivity index (χ0n) is 13.4. The van der Waals surface area contributed by atoms with Crippen molar-refractivity contribution in [3.63, 3.8) is 0 Å². The number of rotatable bonds is 4. The number of nitrogens with one attached hydrogen (secondary N) is 1. The molecule has 6 nitrogen and oxygen atoms in total. The number of primary amides is 1. The first-order valence-corrected chi connectivity index (χ1v) is 7.87. The SMILES string of the molecule is Cc1nn(-c2ccccc2)c(Cl)c1C(=O)Nc1cccc(C(N)=O)c1. The smallest absolute Gasteiger partial charge is 0.260 e. The van der Waals surface area contributed by atoms with E-state index in [1.54, 1.807) is 25.1 Å². The maximum atomic E-state index is 12.6. The predicted molar refractivity (Wildman–Crippen MR) is 96.2 cm³/mol. The van der Waals surface area contributed by atoms with Gasteiger partial charge in [-0.25, -0.2) is 4.68 Å². The Morgan fingerprint density at radius 1 is 1.12 bits per heavy atom. The first-order valence-electron chi connectivity index (χ1n) is 7.49. The fourth-order valence-electron chi connectivity index (χ4n) is 2.44. The third-order valence-electron chi connectivity index (χ3n) is 3.64. The van der Waals surface area contributed by atoms with Crippen molar-refractivity contribution in [2.75, 3.05) is 5.32 Å². The van der Waals surface area contributed by atoms with Gasteiger partial charge in [-0.1, -0.05) is 35.9 Å². The van der Waals surface area contributed by atoms with Gasteiger partial charge in [-0.15, -0.1) is 0 Å². The van der Waals surface area contributed by atoms with E-state index in [9.17, 15) is 9.59 Å². The van der Waals surface area contributed by atoms with Crippen LogP contribution in [-0.2, 0) is 0 Å². The summed E-state index contributed by atoms with van der Waals surface area (Å²) in [5.41, 5.74) is 7.53. The monoisotopic (exact) mass is 354 g/mol. The molecule has 0 aliphatic rings. The van der Waals surface area contributed by atoms with Gasteiger partial charge in [0.05, 0.1) is 11.4 Å². The van der Waals surface area contributed by atoms with Crippen molar-refractivity contribution in [1.82, 2.24) is 9.78 Å². The van der Waals surface area contributed by atoms with Crippen LogP contribution < -0.4 is 11.1 Å². The minimum atomic E-state index is -0.567. The van der Waals surface area contributed by atoms with E-state index in [1.165, 1.54) is 10.7 Å². The van der Waals surface area contributed by atoms with Crippen LogP contribution in [0.5, 0.6) is 0 Å². The Morgan fingerprint density at radius 3 is 2.52 bits per heavy atom. The molecule has 1 heterocycles. The highest BCUT2D eigenvalue weighted by atomic mass is 35.5. The van der Waals surface area contributed by atoms with Crippen LogP contribution in [-0.4, -0.2) is 21.6 Å². The van der Waals surface area contributed by atoms with E-state index < -0.39 is 11.8 Å². The van der Waals surface area contributed by atoms with Crippen LogP contribution in [0.4, 0.5) is 5.69 Å². The van der Waals surface area contributed by atoms with Gasteiger partial charge in [0.25, 0.3) is 5.91 Å². The highest BCUT2D eigenvalue weighted by molar-refractivity contribution is 6.34. The summed E-state index contributed by atoms with van der Waals surface area (Å²) in [5, 5.41) is 7.27. The van der Waals surface area contributed by atoms with Crippen LogP contribution >= 0.6 is 11.6 Å². The van der Waals surface area contributed by atoms with Crippen molar-refractivity contribution in [2.45, 2.75) is 6.92 Å². The fourth-order valence-corrected chi connectivity index (χ4v) is 2.80. The van der Waals surface area contributed by atoms with Crippen molar-refractivity contribution in [3.05, 3.63) is 76.6 Å². The number of aromatic nitrogens is 2. The van der Waals surface area contributed by atoms with Gasteiger partial charge in [-0.2, -0.15) is 5.10 Å². The molecule has 3 N–H and O–H groups in total. The molecule has 0 saturated carbocycles. The van der Waals surface area contributed by atoms with Crippen LogP contribution in [0.2, 0.25) is 5.15 Å². The number of amides is 2. The molecular formula is C18H15ClN4O2. The van der Waals surface area contributed by atoms with E-state index in [1.807, 2.05) is 30.3 Å². The largest absolute Gasteiger partial charge is 0.366 e. The maximum Gasteiger partial charge on any atom is 0.260 e. The van der Waals surface area contributed by atoms with Crippen LogP contribution in [0.25, 0.3) is 5.69 Å². The molecule has 25 heavy (non-hydrogen) atoms. The first kappa shape index (κ1) is 16.7. The highest BCUT2D eigenvalue weighted by Gasteiger charge is 2.21. The Labute approximate surface area is 149 Å². The van der Waals surface area contributed by atoms with E-state index >= 15 is 0 Å². The molecule has 0 atom stereocenters. The van der Waals surface area contributed by atoms with Gasteiger partial charge in [-0.05, 0) is 37.3 Å². The number of nitrogens with zero attached hydrogens (tertiary/aromatic N) is 2. The number of hydrogen-bond acceptors (Lipinski definition) is 3. The summed E-state index contributed by atoms with van der Waals surface area (Å²) in [7, 11) is 0. The summed E-state index contributed by atoms with van der Waals surface area (Å²) in [4.78, 5) is 23.9. The molecule has 3 aromatic rings. The summed E-state index contributed by atoms with van der Waals surface area (Å²) in [6, 6.07) is 15.7.